The summed E-state index contributed by atoms with van der Waals surface area (Å²) in [6.07, 6.45) is 5.05. The average molecular weight is 331 g/mol. The SMILES string of the molecule is COc1cccc2c(C(=O)N[C@H]3CN4CCCCCC34)nsc12. The van der Waals surface area contributed by atoms with Gasteiger partial charge in [-0.1, -0.05) is 25.0 Å². The molecule has 1 N–H and O–H groups in total. The van der Waals surface area contributed by atoms with Crippen LogP contribution < -0.4 is 10.1 Å². The van der Waals surface area contributed by atoms with Gasteiger partial charge in [-0.05, 0) is 37.0 Å². The lowest BCUT2D eigenvalue weighted by molar-refractivity contribution is 0.0410. The van der Waals surface area contributed by atoms with E-state index >= 15 is 0 Å². The second kappa shape index (κ2) is 6.09. The van der Waals surface area contributed by atoms with Crippen molar-refractivity contribution in [1.29, 1.82) is 0 Å². The van der Waals surface area contributed by atoms with Gasteiger partial charge in [0.1, 0.15) is 11.4 Å². The van der Waals surface area contributed by atoms with Crippen LogP contribution in [-0.4, -0.2) is 47.5 Å². The van der Waals surface area contributed by atoms with Crippen LogP contribution in [0.25, 0.3) is 10.1 Å². The van der Waals surface area contributed by atoms with E-state index in [1.54, 1.807) is 7.11 Å². The van der Waals surface area contributed by atoms with Crippen molar-refractivity contribution in [3.63, 3.8) is 0 Å². The zero-order valence-corrected chi connectivity index (χ0v) is 14.1. The third-order valence-corrected chi connectivity index (χ3v) is 5.90. The molecule has 1 unspecified atom stereocenters. The number of rotatable bonds is 3. The summed E-state index contributed by atoms with van der Waals surface area (Å²) in [5.74, 6) is 0.719. The highest BCUT2D eigenvalue weighted by atomic mass is 32.1. The monoisotopic (exact) mass is 331 g/mol. The second-order valence-electron chi connectivity index (χ2n) is 6.36. The van der Waals surface area contributed by atoms with E-state index in [1.165, 1.54) is 43.8 Å². The number of hydrogen-bond acceptors (Lipinski definition) is 5. The molecular weight excluding hydrogens is 310 g/mol. The van der Waals surface area contributed by atoms with Gasteiger partial charge in [0.05, 0.1) is 17.9 Å². The fraction of sp³-hybridized carbons (Fsp3) is 0.529. The summed E-state index contributed by atoms with van der Waals surface area (Å²) in [6, 6.07) is 6.53. The number of ether oxygens (including phenoxy) is 1. The Morgan fingerprint density at radius 1 is 1.39 bits per heavy atom. The first-order valence-corrected chi connectivity index (χ1v) is 9.02. The minimum absolute atomic E-state index is 0.0570. The van der Waals surface area contributed by atoms with Crippen molar-refractivity contribution in [3.8, 4) is 5.75 Å². The van der Waals surface area contributed by atoms with Crippen LogP contribution in [0.2, 0.25) is 0 Å². The maximum absolute atomic E-state index is 12.7. The molecule has 1 aromatic heterocycles. The van der Waals surface area contributed by atoms with E-state index in [-0.39, 0.29) is 11.9 Å². The van der Waals surface area contributed by atoms with E-state index in [2.05, 4.69) is 14.6 Å². The Kier molecular flexibility index (Phi) is 3.95. The molecule has 4 rings (SSSR count). The molecule has 0 aliphatic carbocycles. The van der Waals surface area contributed by atoms with Crippen molar-refractivity contribution in [1.82, 2.24) is 14.6 Å². The fourth-order valence-corrected chi connectivity index (χ4v) is 4.62. The highest BCUT2D eigenvalue weighted by molar-refractivity contribution is 7.14. The second-order valence-corrected chi connectivity index (χ2v) is 7.13. The zero-order valence-electron chi connectivity index (χ0n) is 13.2. The smallest absolute Gasteiger partial charge is 0.271 e. The van der Waals surface area contributed by atoms with Crippen molar-refractivity contribution < 1.29 is 9.53 Å². The number of methoxy groups -OCH3 is 1. The first-order chi connectivity index (χ1) is 11.3. The summed E-state index contributed by atoms with van der Waals surface area (Å²) in [5.41, 5.74) is 0.524. The van der Waals surface area contributed by atoms with Crippen LogP contribution in [0.1, 0.15) is 36.2 Å². The first kappa shape index (κ1) is 14.9. The minimum Gasteiger partial charge on any atom is -0.495 e. The quantitative estimate of drug-likeness (QED) is 0.939. The topological polar surface area (TPSA) is 54.5 Å². The number of carbonyl (C=O) groups excluding carboxylic acids is 1. The van der Waals surface area contributed by atoms with Crippen molar-refractivity contribution >= 4 is 27.5 Å². The maximum Gasteiger partial charge on any atom is 0.271 e. The molecule has 6 heteroatoms. The van der Waals surface area contributed by atoms with Gasteiger partial charge in [-0.2, -0.15) is 4.37 Å². The van der Waals surface area contributed by atoms with Crippen LogP contribution in [0.5, 0.6) is 5.75 Å². The highest BCUT2D eigenvalue weighted by Crippen LogP contribution is 2.32. The lowest BCUT2D eigenvalue weighted by Crippen LogP contribution is -2.66. The lowest BCUT2D eigenvalue weighted by Gasteiger charge is -2.47. The van der Waals surface area contributed by atoms with Gasteiger partial charge in [-0.3, -0.25) is 9.69 Å². The predicted molar refractivity (Wildman–Crippen MR) is 91.3 cm³/mol. The molecule has 23 heavy (non-hydrogen) atoms. The van der Waals surface area contributed by atoms with Crippen molar-refractivity contribution in [2.24, 2.45) is 0 Å². The van der Waals surface area contributed by atoms with Gasteiger partial charge in [0.25, 0.3) is 5.91 Å². The fourth-order valence-electron chi connectivity index (χ4n) is 3.75. The summed E-state index contributed by atoms with van der Waals surface area (Å²) in [5, 5.41) is 4.08. The first-order valence-electron chi connectivity index (χ1n) is 8.25. The summed E-state index contributed by atoms with van der Waals surface area (Å²) in [6.45, 7) is 2.15. The van der Waals surface area contributed by atoms with Crippen LogP contribution in [0, 0.1) is 0 Å². The van der Waals surface area contributed by atoms with Gasteiger partial charge in [-0.25, -0.2) is 0 Å². The number of amides is 1. The zero-order chi connectivity index (χ0) is 15.8. The molecule has 122 valence electrons. The number of nitrogens with one attached hydrogen (secondary N) is 1. The summed E-state index contributed by atoms with van der Waals surface area (Å²) >= 11 is 1.33. The van der Waals surface area contributed by atoms with Gasteiger partial charge in [-0.15, -0.1) is 0 Å². The predicted octanol–water partition coefficient (Wildman–Crippen LogP) is 2.66. The summed E-state index contributed by atoms with van der Waals surface area (Å²) < 4.78 is 10.7. The van der Waals surface area contributed by atoms with Gasteiger partial charge in [0, 0.05) is 18.0 Å². The molecule has 2 atom stereocenters. The molecule has 2 aromatic rings. The van der Waals surface area contributed by atoms with Gasteiger partial charge in [0.15, 0.2) is 0 Å². The van der Waals surface area contributed by atoms with Gasteiger partial charge >= 0.3 is 0 Å². The molecule has 2 fully saturated rings. The van der Waals surface area contributed by atoms with Crippen molar-refractivity contribution in [3.05, 3.63) is 23.9 Å². The number of carbonyl (C=O) groups is 1. The third-order valence-electron chi connectivity index (χ3n) is 5.02. The number of aromatic nitrogens is 1. The molecule has 3 heterocycles. The summed E-state index contributed by atoms with van der Waals surface area (Å²) in [4.78, 5) is 15.2. The van der Waals surface area contributed by atoms with E-state index in [9.17, 15) is 4.79 Å². The van der Waals surface area contributed by atoms with E-state index < -0.39 is 0 Å². The Morgan fingerprint density at radius 3 is 3.17 bits per heavy atom. The molecular formula is C17H21N3O2S. The Labute approximate surface area is 139 Å². The third kappa shape index (κ3) is 2.60. The van der Waals surface area contributed by atoms with E-state index in [0.717, 1.165) is 22.4 Å². The van der Waals surface area contributed by atoms with E-state index in [4.69, 9.17) is 4.74 Å². The van der Waals surface area contributed by atoms with Gasteiger partial charge < -0.3 is 10.1 Å². The van der Waals surface area contributed by atoms with E-state index in [0.29, 0.717) is 11.7 Å². The van der Waals surface area contributed by atoms with Gasteiger partial charge in [0.2, 0.25) is 0 Å². The van der Waals surface area contributed by atoms with Crippen LogP contribution in [-0.2, 0) is 0 Å². The van der Waals surface area contributed by atoms with Crippen LogP contribution in [0.3, 0.4) is 0 Å². The molecule has 0 radical (unpaired) electrons. The normalized spacial score (nSPS) is 24.6. The standard InChI is InChI=1S/C17H21N3O2S/c1-22-14-8-5-6-11-15(19-23-16(11)14)17(21)18-12-10-20-9-4-2-3-7-13(12)20/h5-6,8,12-13H,2-4,7,9-10H2,1H3,(H,18,21)/t12-,13?/m0/s1. The van der Waals surface area contributed by atoms with Crippen LogP contribution in [0.15, 0.2) is 18.2 Å². The van der Waals surface area contributed by atoms with Crippen molar-refractivity contribution in [2.75, 3.05) is 20.2 Å². The van der Waals surface area contributed by atoms with E-state index in [1.807, 2.05) is 18.2 Å². The Morgan fingerprint density at radius 2 is 2.30 bits per heavy atom. The minimum atomic E-state index is -0.0570. The summed E-state index contributed by atoms with van der Waals surface area (Å²) in [7, 11) is 1.64. The highest BCUT2D eigenvalue weighted by Gasteiger charge is 2.40. The molecule has 2 aliphatic heterocycles. The van der Waals surface area contributed by atoms with Crippen LogP contribution >= 0.6 is 11.5 Å². The molecule has 1 aromatic carbocycles. The number of nitrogens with zero attached hydrogens (tertiary/aromatic N) is 2. The Bertz CT molecular complexity index is 730. The van der Waals surface area contributed by atoms with Crippen LogP contribution in [0.4, 0.5) is 0 Å². The molecule has 0 bridgehead atoms. The number of hydrogen-bond donors (Lipinski definition) is 1. The number of fused-ring (bicyclic) bond motifs is 2. The average Bonchev–Trinajstić information content (AvgIpc) is 2.90. The lowest BCUT2D eigenvalue weighted by atomic mass is 9.93. The van der Waals surface area contributed by atoms with Crippen molar-refractivity contribution in [2.45, 2.75) is 37.8 Å². The molecule has 0 saturated carbocycles. The molecule has 2 aliphatic rings. The molecule has 5 nitrogen and oxygen atoms in total. The maximum atomic E-state index is 12.7. The Balaban J connectivity index is 1.52. The molecule has 0 spiro atoms. The molecule has 2 saturated heterocycles. The Hall–Kier alpha value is -1.66. The number of benzene rings is 1. The molecule has 1 amide bonds. The largest absolute Gasteiger partial charge is 0.495 e.